The molecule has 28 heavy (non-hydrogen) atoms. The fourth-order valence-electron chi connectivity index (χ4n) is 3.04. The number of aliphatic imine (C=N–C) groups is 1. The van der Waals surface area contributed by atoms with Crippen LogP contribution in [0.25, 0.3) is 0 Å². The molecule has 7 nitrogen and oxygen atoms in total. The lowest BCUT2D eigenvalue weighted by atomic mass is 10.0. The molecule has 0 saturated carbocycles. The van der Waals surface area contributed by atoms with Gasteiger partial charge in [0.15, 0.2) is 0 Å². The highest BCUT2D eigenvalue weighted by atomic mass is 16.6. The van der Waals surface area contributed by atoms with E-state index in [9.17, 15) is 14.9 Å². The van der Waals surface area contributed by atoms with Gasteiger partial charge < -0.3 is 0 Å². The highest BCUT2D eigenvalue weighted by molar-refractivity contribution is 6.24. The normalized spacial score (nSPS) is 16.6. The third kappa shape index (κ3) is 4.49. The van der Waals surface area contributed by atoms with Crippen LogP contribution in [0, 0.1) is 16.0 Å². The van der Waals surface area contributed by atoms with Crippen LogP contribution >= 0.6 is 0 Å². The fourth-order valence-corrected chi connectivity index (χ4v) is 3.04. The van der Waals surface area contributed by atoms with Gasteiger partial charge in [0, 0.05) is 24.9 Å². The van der Waals surface area contributed by atoms with Gasteiger partial charge in [-0.1, -0.05) is 43.7 Å². The van der Waals surface area contributed by atoms with Crippen molar-refractivity contribution in [3.05, 3.63) is 70.3 Å². The molecule has 0 aliphatic carbocycles. The van der Waals surface area contributed by atoms with Crippen LogP contribution in [0.4, 0.5) is 11.4 Å². The molecule has 1 heterocycles. The number of amides is 1. The highest BCUT2D eigenvalue weighted by Gasteiger charge is 2.35. The van der Waals surface area contributed by atoms with Crippen LogP contribution in [0.3, 0.4) is 0 Å². The van der Waals surface area contributed by atoms with E-state index < -0.39 is 10.8 Å². The molecule has 7 heteroatoms. The number of hydrazone groups is 1. The Morgan fingerprint density at radius 3 is 2.50 bits per heavy atom. The first-order chi connectivity index (χ1) is 13.6. The molecular weight excluding hydrogens is 356 g/mol. The van der Waals surface area contributed by atoms with Crippen LogP contribution in [0.15, 0.2) is 64.7 Å². The van der Waals surface area contributed by atoms with Crippen molar-refractivity contribution in [3.63, 3.8) is 0 Å². The van der Waals surface area contributed by atoms with Gasteiger partial charge in [0.05, 0.1) is 16.3 Å². The average Bonchev–Trinajstić information content (AvgIpc) is 3.02. The summed E-state index contributed by atoms with van der Waals surface area (Å²) in [5.41, 5.74) is 2.47. The number of non-ortho nitro benzene ring substituents is 1. The van der Waals surface area contributed by atoms with Gasteiger partial charge in [0.2, 0.25) is 0 Å². The van der Waals surface area contributed by atoms with Gasteiger partial charge >= 0.3 is 0 Å². The lowest BCUT2D eigenvalue weighted by Crippen LogP contribution is -2.28. The number of rotatable bonds is 8. The molecule has 1 aliphatic heterocycles. The third-order valence-corrected chi connectivity index (χ3v) is 4.50. The molecule has 0 spiro atoms. The third-order valence-electron chi connectivity index (χ3n) is 4.50. The number of nitro benzene ring substituents is 1. The molecule has 0 aromatic heterocycles. The van der Waals surface area contributed by atoms with E-state index in [4.69, 9.17) is 0 Å². The Bertz CT molecular complexity index is 892. The quantitative estimate of drug-likeness (QED) is 0.395. The summed E-state index contributed by atoms with van der Waals surface area (Å²) >= 11 is 0. The van der Waals surface area contributed by atoms with Crippen molar-refractivity contribution in [2.45, 2.75) is 26.2 Å². The molecule has 3 rings (SSSR count). The smallest absolute Gasteiger partial charge is 0.269 e. The van der Waals surface area contributed by atoms with Crippen LogP contribution in [0.2, 0.25) is 0 Å². The maximum atomic E-state index is 12.9. The van der Waals surface area contributed by atoms with Crippen LogP contribution in [-0.4, -0.2) is 29.3 Å². The molecule has 0 radical (unpaired) electrons. The van der Waals surface area contributed by atoms with Crippen LogP contribution in [0.1, 0.15) is 25.3 Å². The Morgan fingerprint density at radius 1 is 1.14 bits per heavy atom. The van der Waals surface area contributed by atoms with Gasteiger partial charge in [-0.15, -0.1) is 0 Å². The van der Waals surface area contributed by atoms with Gasteiger partial charge in [0.1, 0.15) is 5.92 Å². The molecule has 0 bridgehead atoms. The first kappa shape index (κ1) is 19.4. The van der Waals surface area contributed by atoms with Gasteiger partial charge in [0.25, 0.3) is 11.6 Å². The Balaban J connectivity index is 1.70. The highest BCUT2D eigenvalue weighted by Crippen LogP contribution is 2.26. The van der Waals surface area contributed by atoms with E-state index in [1.54, 1.807) is 6.21 Å². The summed E-state index contributed by atoms with van der Waals surface area (Å²) in [4.78, 5) is 27.7. The summed E-state index contributed by atoms with van der Waals surface area (Å²) < 4.78 is 0. The molecule has 0 N–H and O–H groups in total. The second-order valence-electron chi connectivity index (χ2n) is 6.53. The van der Waals surface area contributed by atoms with Crippen LogP contribution in [0.5, 0.6) is 0 Å². The molecule has 0 fully saturated rings. The summed E-state index contributed by atoms with van der Waals surface area (Å²) in [6.07, 6.45) is 4.06. The predicted molar refractivity (Wildman–Crippen MR) is 110 cm³/mol. The second kappa shape index (κ2) is 9.03. The average molecular weight is 378 g/mol. The van der Waals surface area contributed by atoms with E-state index in [2.05, 4.69) is 22.2 Å². The molecule has 1 aliphatic rings. The van der Waals surface area contributed by atoms with Gasteiger partial charge in [-0.05, 0) is 30.5 Å². The topological polar surface area (TPSA) is 88.2 Å². The minimum Gasteiger partial charge on any atom is -0.296 e. The van der Waals surface area contributed by atoms with Crippen molar-refractivity contribution in [1.29, 1.82) is 0 Å². The van der Waals surface area contributed by atoms with E-state index in [0.29, 0.717) is 18.7 Å². The zero-order valence-corrected chi connectivity index (χ0v) is 15.7. The van der Waals surface area contributed by atoms with Crippen molar-refractivity contribution >= 4 is 29.2 Å². The predicted octanol–water partition coefficient (Wildman–Crippen LogP) is 4.03. The molecule has 144 valence electrons. The van der Waals surface area contributed by atoms with E-state index in [1.165, 1.54) is 34.8 Å². The number of carbonyl (C=O) groups excluding carboxylic acids is 1. The molecule has 2 aromatic rings. The van der Waals surface area contributed by atoms with Gasteiger partial charge in [-0.25, -0.2) is 0 Å². The summed E-state index contributed by atoms with van der Waals surface area (Å²) in [5.74, 6) is -0.660. The number of carbonyl (C=O) groups is 1. The molecule has 1 amide bonds. The number of nitro groups is 1. The van der Waals surface area contributed by atoms with Gasteiger partial charge in [-0.2, -0.15) is 10.1 Å². The van der Waals surface area contributed by atoms with Gasteiger partial charge in [-0.3, -0.25) is 19.9 Å². The first-order valence-electron chi connectivity index (χ1n) is 9.30. The first-order valence-corrected chi connectivity index (χ1v) is 9.30. The number of anilines is 1. The number of hydrogen-bond donors (Lipinski definition) is 0. The number of hydrogen-bond acceptors (Lipinski definition) is 5. The lowest BCUT2D eigenvalue weighted by Gasteiger charge is -2.12. The Morgan fingerprint density at radius 2 is 1.86 bits per heavy atom. The Labute approximate surface area is 163 Å². The van der Waals surface area contributed by atoms with Crippen LogP contribution < -0.4 is 5.01 Å². The summed E-state index contributed by atoms with van der Waals surface area (Å²) in [6.45, 7) is 2.63. The zero-order chi connectivity index (χ0) is 19.9. The minimum absolute atomic E-state index is 0.0211. The molecule has 1 atom stereocenters. The maximum absolute atomic E-state index is 12.9. The summed E-state index contributed by atoms with van der Waals surface area (Å²) in [6, 6.07) is 15.9. The largest absolute Gasteiger partial charge is 0.296 e. The van der Waals surface area contributed by atoms with Crippen molar-refractivity contribution in [1.82, 2.24) is 0 Å². The lowest BCUT2D eigenvalue weighted by molar-refractivity contribution is -0.384. The van der Waals surface area contributed by atoms with Crippen molar-refractivity contribution in [2.75, 3.05) is 11.6 Å². The zero-order valence-electron chi connectivity index (χ0n) is 15.7. The fraction of sp³-hybridized carbons (Fsp3) is 0.286. The standard InChI is InChI=1S/C21H22N4O3/c1-2-6-20-19(15-22-14-13-16-7-4-3-5-8-16)21(26)24(23-20)17-9-11-18(12-10-17)25(27)28/h3-5,7-12,15,19H,2,6,13-14H2,1H3/t19-/m0/s1. The van der Waals surface area contributed by atoms with E-state index >= 15 is 0 Å². The number of nitrogens with zero attached hydrogens (tertiary/aromatic N) is 4. The summed E-state index contributed by atoms with van der Waals surface area (Å²) in [7, 11) is 0. The Hall–Kier alpha value is -3.35. The van der Waals surface area contributed by atoms with Crippen molar-refractivity contribution in [3.8, 4) is 0 Å². The SMILES string of the molecule is CCCC1=NN(c2ccc([N+](=O)[O-])cc2)C(=O)[C@H]1C=NCCc1ccccc1. The van der Waals surface area contributed by atoms with Crippen molar-refractivity contribution in [2.24, 2.45) is 16.0 Å². The maximum Gasteiger partial charge on any atom is 0.269 e. The van der Waals surface area contributed by atoms with Crippen molar-refractivity contribution < 1.29 is 9.72 Å². The number of benzene rings is 2. The van der Waals surface area contributed by atoms with E-state index in [-0.39, 0.29) is 11.6 Å². The monoisotopic (exact) mass is 378 g/mol. The Kier molecular flexibility index (Phi) is 6.26. The van der Waals surface area contributed by atoms with E-state index in [0.717, 1.165) is 18.6 Å². The molecule has 2 aromatic carbocycles. The van der Waals surface area contributed by atoms with Crippen LogP contribution in [-0.2, 0) is 11.2 Å². The molecular formula is C21H22N4O3. The summed E-state index contributed by atoms with van der Waals surface area (Å²) in [5, 5.41) is 16.6. The molecule has 0 saturated heterocycles. The van der Waals surface area contributed by atoms with E-state index in [1.807, 2.05) is 25.1 Å². The minimum atomic E-state index is -0.481. The molecule has 0 unspecified atom stereocenters. The second-order valence-corrected chi connectivity index (χ2v) is 6.53.